The van der Waals surface area contributed by atoms with Gasteiger partial charge in [-0.05, 0) is 27.2 Å². The van der Waals surface area contributed by atoms with Crippen LogP contribution in [0.15, 0.2) is 15.6 Å². The highest BCUT2D eigenvalue weighted by Gasteiger charge is 2.28. The van der Waals surface area contributed by atoms with Gasteiger partial charge < -0.3 is 14.7 Å². The van der Waals surface area contributed by atoms with Gasteiger partial charge in [-0.1, -0.05) is 12.1 Å². The van der Waals surface area contributed by atoms with Crippen molar-refractivity contribution in [3.63, 3.8) is 0 Å². The minimum absolute atomic E-state index is 0.274. The molecule has 1 aliphatic heterocycles. The number of guanidine groups is 1. The fourth-order valence-electron chi connectivity index (χ4n) is 2.37. The van der Waals surface area contributed by atoms with Crippen LogP contribution in [0.1, 0.15) is 39.1 Å². The van der Waals surface area contributed by atoms with Crippen LogP contribution in [0.4, 0.5) is 0 Å². The van der Waals surface area contributed by atoms with Crippen molar-refractivity contribution in [2.24, 2.45) is 4.99 Å². The first-order valence-corrected chi connectivity index (χ1v) is 8.64. The van der Waals surface area contributed by atoms with E-state index in [2.05, 4.69) is 43.1 Å². The lowest BCUT2D eigenvalue weighted by molar-refractivity contribution is 0.367. The smallest absolute Gasteiger partial charge is 0.194 e. The molecule has 2 heterocycles. The zero-order valence-corrected chi connectivity index (χ0v) is 14.3. The highest BCUT2D eigenvalue weighted by atomic mass is 32.2. The highest BCUT2D eigenvalue weighted by Crippen LogP contribution is 2.29. The maximum Gasteiger partial charge on any atom is 0.194 e. The Balaban J connectivity index is 2.04. The van der Waals surface area contributed by atoms with Crippen molar-refractivity contribution in [1.29, 1.82) is 0 Å². The Bertz CT molecular complexity index is 484. The van der Waals surface area contributed by atoms with Crippen LogP contribution < -0.4 is 5.32 Å². The molecule has 1 saturated heterocycles. The molecule has 0 spiro atoms. The molecule has 1 aromatic heterocycles. The van der Waals surface area contributed by atoms with Gasteiger partial charge in [0.25, 0.3) is 0 Å². The van der Waals surface area contributed by atoms with Crippen LogP contribution in [0, 0.1) is 0 Å². The number of aliphatic imine (C=N–C) groups is 1. The van der Waals surface area contributed by atoms with Gasteiger partial charge in [-0.2, -0.15) is 11.8 Å². The molecule has 0 bridgehead atoms. The molecule has 0 aliphatic carbocycles. The van der Waals surface area contributed by atoms with E-state index in [1.165, 1.54) is 0 Å². The molecular formula is C15H26N4OS. The molecular weight excluding hydrogens is 284 g/mol. The summed E-state index contributed by atoms with van der Waals surface area (Å²) in [5, 5.41) is 7.40. The number of aromatic nitrogens is 1. The molecule has 118 valence electrons. The first-order chi connectivity index (χ1) is 10.0. The van der Waals surface area contributed by atoms with Gasteiger partial charge in [-0.15, -0.1) is 0 Å². The van der Waals surface area contributed by atoms with Crippen LogP contribution in [-0.4, -0.2) is 46.2 Å². The van der Waals surface area contributed by atoms with Gasteiger partial charge in [0.05, 0.1) is 5.69 Å². The summed E-state index contributed by atoms with van der Waals surface area (Å²) in [5.74, 6) is 2.94. The molecule has 1 fully saturated rings. The second-order valence-corrected chi connectivity index (χ2v) is 7.64. The average molecular weight is 310 g/mol. The van der Waals surface area contributed by atoms with E-state index in [-0.39, 0.29) is 4.75 Å². The Kier molecular flexibility index (Phi) is 5.56. The predicted molar refractivity (Wildman–Crippen MR) is 88.8 cm³/mol. The summed E-state index contributed by atoms with van der Waals surface area (Å²) in [5.41, 5.74) is 0.987. The van der Waals surface area contributed by atoms with Gasteiger partial charge in [0.15, 0.2) is 11.7 Å². The predicted octanol–water partition coefficient (Wildman–Crippen LogP) is 2.53. The second kappa shape index (κ2) is 7.20. The van der Waals surface area contributed by atoms with Gasteiger partial charge >= 0.3 is 0 Å². The summed E-state index contributed by atoms with van der Waals surface area (Å²) in [4.78, 5) is 7.05. The summed E-state index contributed by atoms with van der Waals surface area (Å²) >= 11 is 2.03. The molecule has 1 N–H and O–H groups in total. The molecule has 0 radical (unpaired) electrons. The van der Waals surface area contributed by atoms with E-state index < -0.39 is 0 Å². The Morgan fingerprint density at radius 3 is 2.95 bits per heavy atom. The van der Waals surface area contributed by atoms with Gasteiger partial charge in [0, 0.05) is 36.2 Å². The van der Waals surface area contributed by atoms with Crippen molar-refractivity contribution >= 4 is 17.7 Å². The van der Waals surface area contributed by atoms with Gasteiger partial charge in [0.1, 0.15) is 6.54 Å². The lowest BCUT2D eigenvalue weighted by Gasteiger charge is -2.39. The van der Waals surface area contributed by atoms with E-state index in [4.69, 9.17) is 9.52 Å². The summed E-state index contributed by atoms with van der Waals surface area (Å²) in [6.45, 7) is 12.2. The number of hydrogen-bond donors (Lipinski definition) is 1. The molecule has 0 unspecified atom stereocenters. The average Bonchev–Trinajstić information content (AvgIpc) is 2.90. The Hall–Kier alpha value is -1.17. The van der Waals surface area contributed by atoms with Crippen LogP contribution in [0.25, 0.3) is 0 Å². The normalized spacial score (nSPS) is 18.9. The Morgan fingerprint density at radius 1 is 1.52 bits per heavy atom. The third-order valence-electron chi connectivity index (χ3n) is 3.41. The molecule has 2 rings (SSSR count). The van der Waals surface area contributed by atoms with Crippen molar-refractivity contribution in [3.05, 3.63) is 17.5 Å². The molecule has 6 heteroatoms. The zero-order chi connectivity index (χ0) is 15.3. The van der Waals surface area contributed by atoms with Crippen LogP contribution in [-0.2, 0) is 13.0 Å². The topological polar surface area (TPSA) is 53.7 Å². The largest absolute Gasteiger partial charge is 0.359 e. The lowest BCUT2D eigenvalue weighted by Crippen LogP contribution is -2.50. The van der Waals surface area contributed by atoms with Crippen LogP contribution in [0.3, 0.4) is 0 Å². The standard InChI is InChI=1S/C15H26N4OS/c1-5-12-9-13(20-18-12)10-17-14(16-6-2)19-7-8-21-15(3,4)11-19/h9H,5-8,10-11H2,1-4H3,(H,16,17). The maximum atomic E-state index is 5.30. The van der Waals surface area contributed by atoms with Crippen molar-refractivity contribution in [1.82, 2.24) is 15.4 Å². The van der Waals surface area contributed by atoms with Gasteiger partial charge in [0.2, 0.25) is 0 Å². The third kappa shape index (κ3) is 4.66. The van der Waals surface area contributed by atoms with Gasteiger partial charge in [-0.25, -0.2) is 4.99 Å². The number of aryl methyl sites for hydroxylation is 1. The molecule has 5 nitrogen and oxygen atoms in total. The molecule has 0 amide bonds. The van der Waals surface area contributed by atoms with E-state index in [9.17, 15) is 0 Å². The van der Waals surface area contributed by atoms with E-state index in [0.29, 0.717) is 6.54 Å². The second-order valence-electron chi connectivity index (χ2n) is 5.84. The number of rotatable bonds is 4. The third-order valence-corrected chi connectivity index (χ3v) is 4.71. The monoisotopic (exact) mass is 310 g/mol. The quantitative estimate of drug-likeness (QED) is 0.684. The van der Waals surface area contributed by atoms with E-state index in [1.807, 2.05) is 17.8 Å². The van der Waals surface area contributed by atoms with Gasteiger partial charge in [-0.3, -0.25) is 0 Å². The maximum absolute atomic E-state index is 5.30. The molecule has 21 heavy (non-hydrogen) atoms. The zero-order valence-electron chi connectivity index (χ0n) is 13.5. The fourth-order valence-corrected chi connectivity index (χ4v) is 3.48. The SMILES string of the molecule is CCNC(=NCc1cc(CC)no1)N1CCSC(C)(C)C1. The summed E-state index contributed by atoms with van der Waals surface area (Å²) in [6, 6.07) is 1.99. The molecule has 1 aromatic rings. The fraction of sp³-hybridized carbons (Fsp3) is 0.733. The number of thioether (sulfide) groups is 1. The molecule has 1 aliphatic rings. The summed E-state index contributed by atoms with van der Waals surface area (Å²) in [7, 11) is 0. The summed E-state index contributed by atoms with van der Waals surface area (Å²) in [6.07, 6.45) is 0.894. The summed E-state index contributed by atoms with van der Waals surface area (Å²) < 4.78 is 5.58. The Morgan fingerprint density at radius 2 is 2.33 bits per heavy atom. The Labute approximate surface area is 131 Å². The van der Waals surface area contributed by atoms with Crippen molar-refractivity contribution < 1.29 is 4.52 Å². The first-order valence-electron chi connectivity index (χ1n) is 7.65. The number of nitrogens with one attached hydrogen (secondary N) is 1. The number of nitrogens with zero attached hydrogens (tertiary/aromatic N) is 3. The van der Waals surface area contributed by atoms with Crippen LogP contribution in [0.5, 0.6) is 0 Å². The first kappa shape index (κ1) is 16.2. The van der Waals surface area contributed by atoms with Crippen molar-refractivity contribution in [2.75, 3.05) is 25.4 Å². The lowest BCUT2D eigenvalue weighted by atomic mass is 10.2. The van der Waals surface area contributed by atoms with Crippen LogP contribution >= 0.6 is 11.8 Å². The minimum atomic E-state index is 0.274. The van der Waals surface area contributed by atoms with E-state index >= 15 is 0 Å². The van der Waals surface area contributed by atoms with Crippen molar-refractivity contribution in [2.45, 2.75) is 45.4 Å². The minimum Gasteiger partial charge on any atom is -0.359 e. The van der Waals surface area contributed by atoms with E-state index in [0.717, 1.165) is 49.2 Å². The molecule has 0 aromatic carbocycles. The molecule has 0 atom stereocenters. The van der Waals surface area contributed by atoms with Crippen LogP contribution in [0.2, 0.25) is 0 Å². The molecule has 0 saturated carbocycles. The number of hydrogen-bond acceptors (Lipinski definition) is 4. The highest BCUT2D eigenvalue weighted by molar-refractivity contribution is 8.00. The van der Waals surface area contributed by atoms with E-state index in [1.54, 1.807) is 0 Å². The van der Waals surface area contributed by atoms with Crippen molar-refractivity contribution in [3.8, 4) is 0 Å².